The molecule has 0 spiro atoms. The molecule has 214 valence electrons. The molecule has 4 rings (SSSR count). The zero-order valence-electron chi connectivity index (χ0n) is 21.6. The molecule has 1 saturated heterocycles. The van der Waals surface area contributed by atoms with Crippen LogP contribution in [-0.2, 0) is 30.2 Å². The highest BCUT2D eigenvalue weighted by atomic mass is 19.4. The highest BCUT2D eigenvalue weighted by molar-refractivity contribution is 5.83. The van der Waals surface area contributed by atoms with E-state index in [-0.39, 0.29) is 35.6 Å². The summed E-state index contributed by atoms with van der Waals surface area (Å²) in [6.45, 7) is 0.685. The lowest BCUT2D eigenvalue weighted by molar-refractivity contribution is -0.147. The molecule has 2 N–H and O–H groups in total. The zero-order valence-corrected chi connectivity index (χ0v) is 21.6. The second-order valence-electron chi connectivity index (χ2n) is 10.6. The maximum atomic E-state index is 14.3. The van der Waals surface area contributed by atoms with E-state index in [9.17, 15) is 36.2 Å². The van der Waals surface area contributed by atoms with E-state index < -0.39 is 35.4 Å². The number of aromatic hydroxyl groups is 1. The van der Waals surface area contributed by atoms with E-state index in [1.165, 1.54) is 24.1 Å². The summed E-state index contributed by atoms with van der Waals surface area (Å²) in [7, 11) is 1.35. The van der Waals surface area contributed by atoms with Crippen LogP contribution in [0.2, 0.25) is 0 Å². The standard InChI is InChI=1S/C28H32F6N2O3/c1-39-24-13-19(5-6-23(24)37)16-36(25(38)26(7-9-35-10-8-26)15-18-3-2-4-18)17-20-11-21(27(29,30)31)14-22(12-20)28(32,33)34/h5-6,11-14,18,35,37H,2-4,7-10,15-17H2,1H3. The summed E-state index contributed by atoms with van der Waals surface area (Å²) in [6.07, 6.45) is -5.19. The van der Waals surface area contributed by atoms with Gasteiger partial charge < -0.3 is 20.1 Å². The Morgan fingerprint density at radius 2 is 1.56 bits per heavy atom. The van der Waals surface area contributed by atoms with E-state index in [0.717, 1.165) is 19.3 Å². The second kappa shape index (κ2) is 11.3. The van der Waals surface area contributed by atoms with Crippen LogP contribution in [0.25, 0.3) is 0 Å². The lowest BCUT2D eigenvalue weighted by Gasteiger charge is -2.44. The summed E-state index contributed by atoms with van der Waals surface area (Å²) in [6, 6.07) is 5.86. The van der Waals surface area contributed by atoms with Crippen molar-refractivity contribution in [3.63, 3.8) is 0 Å². The number of ether oxygens (including phenoxy) is 1. The average Bonchev–Trinajstić information content (AvgIpc) is 2.86. The normalized spacial score (nSPS) is 17.9. The number of benzene rings is 2. The first kappa shape index (κ1) is 29.0. The number of phenolic OH excluding ortho intramolecular Hbond substituents is 1. The van der Waals surface area contributed by atoms with Crippen molar-refractivity contribution in [1.29, 1.82) is 0 Å². The van der Waals surface area contributed by atoms with Gasteiger partial charge in [0.1, 0.15) is 0 Å². The fourth-order valence-electron chi connectivity index (χ4n) is 5.57. The van der Waals surface area contributed by atoms with Crippen molar-refractivity contribution in [3.8, 4) is 11.5 Å². The summed E-state index contributed by atoms with van der Waals surface area (Å²) < 4.78 is 86.4. The molecule has 2 aromatic rings. The molecule has 2 aliphatic rings. The fraction of sp³-hybridized carbons (Fsp3) is 0.536. The van der Waals surface area contributed by atoms with Gasteiger partial charge in [-0.15, -0.1) is 0 Å². The molecule has 1 aliphatic carbocycles. The predicted octanol–water partition coefficient (Wildman–Crippen LogP) is 6.53. The van der Waals surface area contributed by atoms with Crippen LogP contribution in [0.5, 0.6) is 11.5 Å². The number of carbonyl (C=O) groups is 1. The van der Waals surface area contributed by atoms with Gasteiger partial charge in [-0.05, 0) is 79.7 Å². The van der Waals surface area contributed by atoms with Crippen molar-refractivity contribution in [2.45, 2.75) is 64.0 Å². The van der Waals surface area contributed by atoms with Crippen LogP contribution >= 0.6 is 0 Å². The Bertz CT molecular complexity index is 1140. The van der Waals surface area contributed by atoms with Gasteiger partial charge in [0.25, 0.3) is 0 Å². The van der Waals surface area contributed by atoms with Crippen molar-refractivity contribution in [3.05, 3.63) is 58.7 Å². The average molecular weight is 559 g/mol. The summed E-state index contributed by atoms with van der Waals surface area (Å²) in [4.78, 5) is 15.6. The minimum atomic E-state index is -4.99. The lowest BCUT2D eigenvalue weighted by Crippen LogP contribution is -2.50. The maximum absolute atomic E-state index is 14.3. The molecule has 1 saturated carbocycles. The third-order valence-electron chi connectivity index (χ3n) is 7.84. The first-order chi connectivity index (χ1) is 18.3. The van der Waals surface area contributed by atoms with Crippen LogP contribution in [-0.4, -0.2) is 36.1 Å². The third-order valence-corrected chi connectivity index (χ3v) is 7.84. The molecular formula is C28H32F6N2O3. The number of carbonyl (C=O) groups excluding carboxylic acids is 1. The van der Waals surface area contributed by atoms with Gasteiger partial charge in [-0.2, -0.15) is 26.3 Å². The number of nitrogens with zero attached hydrogens (tertiary/aromatic N) is 1. The quantitative estimate of drug-likeness (QED) is 0.362. The molecule has 5 nitrogen and oxygen atoms in total. The van der Waals surface area contributed by atoms with Crippen molar-refractivity contribution in [1.82, 2.24) is 10.2 Å². The van der Waals surface area contributed by atoms with E-state index in [2.05, 4.69) is 5.32 Å². The Labute approximate surface area is 223 Å². The fourth-order valence-corrected chi connectivity index (χ4v) is 5.57. The first-order valence-electron chi connectivity index (χ1n) is 12.9. The minimum absolute atomic E-state index is 0.0765. The number of hydrogen-bond acceptors (Lipinski definition) is 4. The molecule has 1 heterocycles. The zero-order chi connectivity index (χ0) is 28.4. The molecule has 0 unspecified atom stereocenters. The largest absolute Gasteiger partial charge is 0.504 e. The number of halogens is 6. The number of methoxy groups -OCH3 is 1. The van der Waals surface area contributed by atoms with E-state index in [4.69, 9.17) is 4.74 Å². The Morgan fingerprint density at radius 1 is 0.974 bits per heavy atom. The molecule has 2 fully saturated rings. The van der Waals surface area contributed by atoms with Crippen molar-refractivity contribution in [2.75, 3.05) is 20.2 Å². The molecule has 1 aliphatic heterocycles. The Morgan fingerprint density at radius 3 is 2.08 bits per heavy atom. The Kier molecular flexibility index (Phi) is 8.39. The SMILES string of the molecule is COc1cc(CN(Cc2cc(C(F)(F)F)cc(C(F)(F)F)c2)C(=O)C2(CC3CCC3)CCNCC2)ccc1O. The van der Waals surface area contributed by atoms with Gasteiger partial charge in [0.15, 0.2) is 11.5 Å². The van der Waals surface area contributed by atoms with Crippen LogP contribution in [0.1, 0.15) is 60.8 Å². The van der Waals surface area contributed by atoms with Gasteiger partial charge >= 0.3 is 12.4 Å². The van der Waals surface area contributed by atoms with Gasteiger partial charge in [-0.25, -0.2) is 0 Å². The summed E-state index contributed by atoms with van der Waals surface area (Å²) >= 11 is 0. The van der Waals surface area contributed by atoms with Gasteiger partial charge in [-0.3, -0.25) is 4.79 Å². The molecule has 0 aromatic heterocycles. The van der Waals surface area contributed by atoms with Crippen LogP contribution < -0.4 is 10.1 Å². The number of rotatable bonds is 8. The summed E-state index contributed by atoms with van der Waals surface area (Å²) in [5.41, 5.74) is -3.34. The molecule has 39 heavy (non-hydrogen) atoms. The summed E-state index contributed by atoms with van der Waals surface area (Å²) in [5.74, 6) is 0.0953. The number of piperidine rings is 1. The predicted molar refractivity (Wildman–Crippen MR) is 132 cm³/mol. The smallest absolute Gasteiger partial charge is 0.416 e. The molecule has 0 bridgehead atoms. The van der Waals surface area contributed by atoms with Gasteiger partial charge in [-0.1, -0.05) is 25.3 Å². The highest BCUT2D eigenvalue weighted by Crippen LogP contribution is 2.45. The van der Waals surface area contributed by atoms with Gasteiger partial charge in [0, 0.05) is 13.1 Å². The maximum Gasteiger partial charge on any atom is 0.416 e. The molecule has 0 atom stereocenters. The molecule has 0 radical (unpaired) electrons. The van der Waals surface area contributed by atoms with Gasteiger partial charge in [0.05, 0.1) is 23.7 Å². The first-order valence-corrected chi connectivity index (χ1v) is 12.9. The topological polar surface area (TPSA) is 61.8 Å². The summed E-state index contributed by atoms with van der Waals surface area (Å²) in [5, 5.41) is 13.2. The van der Waals surface area contributed by atoms with Crippen LogP contribution in [0, 0.1) is 11.3 Å². The molecule has 11 heteroatoms. The van der Waals surface area contributed by atoms with Crippen molar-refractivity contribution >= 4 is 5.91 Å². The van der Waals surface area contributed by atoms with E-state index in [1.807, 2.05) is 0 Å². The van der Waals surface area contributed by atoms with Crippen LogP contribution in [0.4, 0.5) is 26.3 Å². The Balaban J connectivity index is 1.74. The number of nitrogens with one attached hydrogen (secondary N) is 1. The third kappa shape index (κ3) is 6.80. The van der Waals surface area contributed by atoms with Crippen LogP contribution in [0.3, 0.4) is 0 Å². The highest BCUT2D eigenvalue weighted by Gasteiger charge is 2.45. The molecule has 2 aromatic carbocycles. The van der Waals surface area contributed by atoms with Crippen LogP contribution in [0.15, 0.2) is 36.4 Å². The van der Waals surface area contributed by atoms with Crippen molar-refractivity contribution < 1.29 is 41.0 Å². The number of phenols is 1. The number of hydrogen-bond donors (Lipinski definition) is 2. The lowest BCUT2D eigenvalue weighted by atomic mass is 9.66. The monoisotopic (exact) mass is 558 g/mol. The molecule has 1 amide bonds. The van der Waals surface area contributed by atoms with E-state index >= 15 is 0 Å². The number of alkyl halides is 6. The molecular weight excluding hydrogens is 526 g/mol. The van der Waals surface area contributed by atoms with E-state index in [1.54, 1.807) is 6.07 Å². The number of amides is 1. The Hall–Kier alpha value is -2.95. The van der Waals surface area contributed by atoms with Gasteiger partial charge in [0.2, 0.25) is 5.91 Å². The van der Waals surface area contributed by atoms with Crippen molar-refractivity contribution in [2.24, 2.45) is 11.3 Å². The van der Waals surface area contributed by atoms with E-state index in [0.29, 0.717) is 56.0 Å². The second-order valence-corrected chi connectivity index (χ2v) is 10.6. The minimum Gasteiger partial charge on any atom is -0.504 e.